The van der Waals surface area contributed by atoms with Gasteiger partial charge < -0.3 is 25.2 Å². The Kier molecular flexibility index (Phi) is 10.0. The Hall–Kier alpha value is -4.22. The Morgan fingerprint density at radius 2 is 1.41 bits per heavy atom. The van der Waals surface area contributed by atoms with Crippen LogP contribution in [0.25, 0.3) is 5.70 Å². The zero-order valence-corrected chi connectivity index (χ0v) is 22.7. The number of aromatic hydroxyl groups is 1. The molecule has 5 heteroatoms. The van der Waals surface area contributed by atoms with Gasteiger partial charge in [0.05, 0.1) is 0 Å². The van der Waals surface area contributed by atoms with Gasteiger partial charge in [0.1, 0.15) is 19.0 Å². The van der Waals surface area contributed by atoms with Gasteiger partial charge in [0.2, 0.25) is 0 Å². The van der Waals surface area contributed by atoms with Gasteiger partial charge >= 0.3 is 0 Å². The smallest absolute Gasteiger partial charge is 0.161 e. The van der Waals surface area contributed by atoms with Gasteiger partial charge in [-0.25, -0.2) is 0 Å². The Morgan fingerprint density at radius 1 is 0.795 bits per heavy atom. The molecule has 0 amide bonds. The highest BCUT2D eigenvalue weighted by Gasteiger charge is 2.14. The molecule has 4 rings (SSSR count). The second-order valence-electron chi connectivity index (χ2n) is 9.54. The highest BCUT2D eigenvalue weighted by atomic mass is 16.5. The number of hydrogen-bond donors (Lipinski definition) is 2. The van der Waals surface area contributed by atoms with E-state index < -0.39 is 0 Å². The summed E-state index contributed by atoms with van der Waals surface area (Å²) in [5, 5.41) is 10.7. The van der Waals surface area contributed by atoms with Crippen LogP contribution in [-0.2, 0) is 26.2 Å². The van der Waals surface area contributed by atoms with Crippen LogP contribution in [0.2, 0.25) is 0 Å². The molecule has 0 aliphatic heterocycles. The summed E-state index contributed by atoms with van der Waals surface area (Å²) in [6.45, 7) is 9.48. The maximum Gasteiger partial charge on any atom is 0.161 e. The SMILES string of the molecule is C=C(c1ccc(OCc2ccccc2)c(O)c1)N(CCCN)Cc1ccc(OCc2ccccc2)c(CC)c1. The van der Waals surface area contributed by atoms with Crippen LogP contribution in [0.4, 0.5) is 0 Å². The summed E-state index contributed by atoms with van der Waals surface area (Å²) in [4.78, 5) is 2.21. The molecule has 0 unspecified atom stereocenters. The van der Waals surface area contributed by atoms with Crippen LogP contribution < -0.4 is 15.2 Å². The number of aryl methyl sites for hydroxylation is 1. The fourth-order valence-corrected chi connectivity index (χ4v) is 4.43. The topological polar surface area (TPSA) is 68.0 Å². The molecule has 0 aliphatic carbocycles. The first-order valence-corrected chi connectivity index (χ1v) is 13.5. The van der Waals surface area contributed by atoms with Crippen LogP contribution in [0, 0.1) is 0 Å². The van der Waals surface area contributed by atoms with Crippen molar-refractivity contribution < 1.29 is 14.6 Å². The molecule has 0 atom stereocenters. The summed E-state index contributed by atoms with van der Waals surface area (Å²) >= 11 is 0. The van der Waals surface area contributed by atoms with E-state index in [1.54, 1.807) is 12.1 Å². The third kappa shape index (κ3) is 7.88. The van der Waals surface area contributed by atoms with E-state index in [1.165, 1.54) is 11.1 Å². The second kappa shape index (κ2) is 14.1. The zero-order valence-electron chi connectivity index (χ0n) is 22.7. The van der Waals surface area contributed by atoms with Crippen molar-refractivity contribution >= 4 is 5.70 Å². The van der Waals surface area contributed by atoms with Gasteiger partial charge in [0, 0.05) is 24.4 Å². The number of ether oxygens (including phenoxy) is 2. The van der Waals surface area contributed by atoms with Crippen molar-refractivity contribution in [3.05, 3.63) is 131 Å². The molecule has 39 heavy (non-hydrogen) atoms. The molecule has 0 saturated carbocycles. The normalized spacial score (nSPS) is 10.7. The predicted molar refractivity (Wildman–Crippen MR) is 159 cm³/mol. The number of nitrogens with two attached hydrogens (primary N) is 1. The van der Waals surface area contributed by atoms with Crippen molar-refractivity contribution in [2.75, 3.05) is 13.1 Å². The Morgan fingerprint density at radius 3 is 2.00 bits per heavy atom. The fourth-order valence-electron chi connectivity index (χ4n) is 4.43. The van der Waals surface area contributed by atoms with Crippen molar-refractivity contribution in [1.29, 1.82) is 0 Å². The molecule has 0 aromatic heterocycles. The van der Waals surface area contributed by atoms with E-state index >= 15 is 0 Å². The van der Waals surface area contributed by atoms with Crippen LogP contribution in [0.5, 0.6) is 17.2 Å². The Bertz CT molecular complexity index is 1340. The lowest BCUT2D eigenvalue weighted by Gasteiger charge is -2.28. The van der Waals surface area contributed by atoms with Gasteiger partial charge in [0.15, 0.2) is 11.5 Å². The largest absolute Gasteiger partial charge is 0.504 e. The summed E-state index contributed by atoms with van der Waals surface area (Å²) in [6, 6.07) is 31.9. The van der Waals surface area contributed by atoms with Crippen LogP contribution >= 0.6 is 0 Å². The van der Waals surface area contributed by atoms with Gasteiger partial charge in [-0.3, -0.25) is 0 Å². The Balaban J connectivity index is 1.45. The molecule has 0 aliphatic rings. The van der Waals surface area contributed by atoms with E-state index in [0.717, 1.165) is 47.5 Å². The summed E-state index contributed by atoms with van der Waals surface area (Å²) in [6.07, 6.45) is 1.71. The summed E-state index contributed by atoms with van der Waals surface area (Å²) in [5.74, 6) is 1.45. The molecule has 0 saturated heterocycles. The van der Waals surface area contributed by atoms with Crippen molar-refractivity contribution in [3.63, 3.8) is 0 Å². The Labute approximate surface area is 232 Å². The maximum absolute atomic E-state index is 10.7. The van der Waals surface area contributed by atoms with Crippen LogP contribution in [0.15, 0.2) is 104 Å². The van der Waals surface area contributed by atoms with E-state index in [9.17, 15) is 5.11 Å². The van der Waals surface area contributed by atoms with E-state index in [4.69, 9.17) is 15.2 Å². The van der Waals surface area contributed by atoms with Gasteiger partial charge in [-0.15, -0.1) is 0 Å². The number of rotatable bonds is 14. The van der Waals surface area contributed by atoms with Crippen molar-refractivity contribution in [1.82, 2.24) is 4.90 Å². The highest BCUT2D eigenvalue weighted by Crippen LogP contribution is 2.32. The first-order chi connectivity index (χ1) is 19.1. The zero-order chi connectivity index (χ0) is 27.5. The molecule has 0 fully saturated rings. The monoisotopic (exact) mass is 522 g/mol. The molecule has 4 aromatic rings. The lowest BCUT2D eigenvalue weighted by Crippen LogP contribution is -2.24. The van der Waals surface area contributed by atoms with E-state index in [-0.39, 0.29) is 5.75 Å². The standard InChI is InChI=1S/C34H38N2O3/c1-3-30-21-29(15-17-33(30)38-24-27-11-6-4-7-12-27)23-36(20-10-19-35)26(2)31-16-18-34(32(37)22-31)39-25-28-13-8-5-9-14-28/h4-9,11-18,21-22,37H,2-3,10,19-20,23-25,35H2,1H3. The third-order valence-corrected chi connectivity index (χ3v) is 6.66. The summed E-state index contributed by atoms with van der Waals surface area (Å²) < 4.78 is 12.0. The number of benzene rings is 4. The molecular formula is C34H38N2O3. The number of hydrogen-bond acceptors (Lipinski definition) is 5. The van der Waals surface area contributed by atoms with Crippen molar-refractivity contribution in [2.24, 2.45) is 5.73 Å². The first-order valence-electron chi connectivity index (χ1n) is 13.5. The van der Waals surface area contributed by atoms with Gasteiger partial charge in [-0.1, -0.05) is 86.3 Å². The molecule has 0 radical (unpaired) electrons. The highest BCUT2D eigenvalue weighted by molar-refractivity contribution is 5.65. The molecule has 0 spiro atoms. The van der Waals surface area contributed by atoms with E-state index in [0.29, 0.717) is 32.1 Å². The summed E-state index contributed by atoms with van der Waals surface area (Å²) in [7, 11) is 0. The molecule has 5 nitrogen and oxygen atoms in total. The number of nitrogens with zero attached hydrogens (tertiary/aromatic N) is 1. The van der Waals surface area contributed by atoms with Gasteiger partial charge in [-0.05, 0) is 65.9 Å². The van der Waals surface area contributed by atoms with E-state index in [2.05, 4.69) is 48.7 Å². The quantitative estimate of drug-likeness (QED) is 0.188. The van der Waals surface area contributed by atoms with Crippen LogP contribution in [0.1, 0.15) is 41.2 Å². The number of phenolic OH excluding ortho intramolecular Hbond substituents is 1. The second-order valence-corrected chi connectivity index (χ2v) is 9.54. The lowest BCUT2D eigenvalue weighted by atomic mass is 10.1. The third-order valence-electron chi connectivity index (χ3n) is 6.66. The fraction of sp³-hybridized carbons (Fsp3) is 0.235. The van der Waals surface area contributed by atoms with E-state index in [1.807, 2.05) is 54.6 Å². The lowest BCUT2D eigenvalue weighted by molar-refractivity contribution is 0.289. The average Bonchev–Trinajstić information content (AvgIpc) is 2.98. The molecule has 4 aromatic carbocycles. The van der Waals surface area contributed by atoms with Crippen LogP contribution in [-0.4, -0.2) is 23.1 Å². The molecule has 0 heterocycles. The van der Waals surface area contributed by atoms with Crippen LogP contribution in [0.3, 0.4) is 0 Å². The molecular weight excluding hydrogens is 484 g/mol. The minimum Gasteiger partial charge on any atom is -0.504 e. The van der Waals surface area contributed by atoms with Gasteiger partial charge in [-0.2, -0.15) is 0 Å². The first kappa shape index (κ1) is 27.8. The minimum atomic E-state index is 0.0940. The maximum atomic E-state index is 10.7. The van der Waals surface area contributed by atoms with Gasteiger partial charge in [0.25, 0.3) is 0 Å². The van der Waals surface area contributed by atoms with Crippen molar-refractivity contribution in [3.8, 4) is 17.2 Å². The molecule has 202 valence electrons. The molecule has 0 bridgehead atoms. The summed E-state index contributed by atoms with van der Waals surface area (Å²) in [5.41, 5.74) is 12.1. The number of phenols is 1. The predicted octanol–water partition coefficient (Wildman–Crippen LogP) is 6.93. The minimum absolute atomic E-state index is 0.0940. The molecule has 3 N–H and O–H groups in total. The van der Waals surface area contributed by atoms with Crippen molar-refractivity contribution in [2.45, 2.75) is 39.5 Å². The average molecular weight is 523 g/mol.